The van der Waals surface area contributed by atoms with Gasteiger partial charge in [-0.15, -0.1) is 0 Å². The number of hydrogen-bond donors (Lipinski definition) is 0. The molecule has 0 radical (unpaired) electrons. The van der Waals surface area contributed by atoms with E-state index in [-0.39, 0.29) is 23.6 Å². The number of hydrogen-bond acceptors (Lipinski definition) is 7. The summed E-state index contributed by atoms with van der Waals surface area (Å²) in [7, 11) is 3.33. The highest BCUT2D eigenvalue weighted by Crippen LogP contribution is 2.34. The molecule has 4 heterocycles. The Balaban J connectivity index is 1.39. The number of carbonyl (C=O) groups is 1. The summed E-state index contributed by atoms with van der Waals surface area (Å²) < 4.78 is 6.73. The van der Waals surface area contributed by atoms with Gasteiger partial charge in [-0.25, -0.2) is 15.0 Å². The normalized spacial score (nSPS) is 19.7. The topological polar surface area (TPSA) is 93.5 Å². The Morgan fingerprint density at radius 2 is 1.90 bits per heavy atom. The largest absolute Gasteiger partial charge is 0.497 e. The van der Waals surface area contributed by atoms with Crippen molar-refractivity contribution in [3.05, 3.63) is 64.8 Å². The van der Waals surface area contributed by atoms with Gasteiger partial charge in [-0.1, -0.05) is 0 Å². The second-order valence-corrected chi connectivity index (χ2v) is 7.81. The molecule has 0 saturated carbocycles. The number of methoxy groups -OCH3 is 1. The van der Waals surface area contributed by atoms with Crippen LogP contribution < -0.4 is 15.2 Å². The maximum Gasteiger partial charge on any atom is 0.255 e. The van der Waals surface area contributed by atoms with E-state index in [9.17, 15) is 9.59 Å². The maximum absolute atomic E-state index is 13.0. The van der Waals surface area contributed by atoms with Crippen LogP contribution in [0.5, 0.6) is 5.75 Å². The van der Waals surface area contributed by atoms with Gasteiger partial charge in [-0.3, -0.25) is 14.2 Å². The van der Waals surface area contributed by atoms with Crippen molar-refractivity contribution in [2.75, 3.05) is 25.1 Å². The van der Waals surface area contributed by atoms with Crippen molar-refractivity contribution < 1.29 is 9.53 Å². The summed E-state index contributed by atoms with van der Waals surface area (Å²) >= 11 is 0. The molecule has 9 heteroatoms. The molecule has 158 valence electrons. The number of nitrogens with zero attached hydrogens (tertiary/aromatic N) is 6. The standard InChI is InChI=1S/C22H22N6O3/c1-26-20(29)10-19(18-7-8-23-13-24-18)25-22(26)28-12-15-9-16(28)11-27(15)21(30)14-3-5-17(31-2)6-4-14/h3-8,10,13,15-16H,9,11-12H2,1-2H3/t15?,16-/m0/s1. The number of likely N-dealkylation sites (tertiary alicyclic amines) is 1. The summed E-state index contributed by atoms with van der Waals surface area (Å²) in [5.74, 6) is 1.35. The molecule has 2 bridgehead atoms. The fourth-order valence-electron chi connectivity index (χ4n) is 4.42. The van der Waals surface area contributed by atoms with Gasteiger partial charge in [0.1, 0.15) is 12.1 Å². The van der Waals surface area contributed by atoms with Gasteiger partial charge in [0.25, 0.3) is 11.5 Å². The van der Waals surface area contributed by atoms with E-state index in [1.54, 1.807) is 55.3 Å². The Bertz CT molecular complexity index is 1180. The Kier molecular flexibility index (Phi) is 4.65. The summed E-state index contributed by atoms with van der Waals surface area (Å²) in [5.41, 5.74) is 1.63. The van der Waals surface area contributed by atoms with Crippen molar-refractivity contribution >= 4 is 11.9 Å². The molecule has 9 nitrogen and oxygen atoms in total. The zero-order chi connectivity index (χ0) is 21.5. The van der Waals surface area contributed by atoms with E-state index in [0.717, 1.165) is 12.2 Å². The van der Waals surface area contributed by atoms with Gasteiger partial charge in [0.15, 0.2) is 0 Å². The van der Waals surface area contributed by atoms with Gasteiger partial charge in [-0.05, 0) is 36.8 Å². The Hall–Kier alpha value is -3.75. The van der Waals surface area contributed by atoms with Crippen LogP contribution in [0.2, 0.25) is 0 Å². The van der Waals surface area contributed by atoms with E-state index in [4.69, 9.17) is 9.72 Å². The van der Waals surface area contributed by atoms with Crippen molar-refractivity contribution in [1.29, 1.82) is 0 Å². The summed E-state index contributed by atoms with van der Waals surface area (Å²) in [6.45, 7) is 1.24. The van der Waals surface area contributed by atoms with E-state index in [0.29, 0.717) is 36.0 Å². The molecule has 2 aliphatic rings. The van der Waals surface area contributed by atoms with Crippen molar-refractivity contribution in [1.82, 2.24) is 24.4 Å². The number of anilines is 1. The monoisotopic (exact) mass is 418 g/mol. The molecule has 0 N–H and O–H groups in total. The molecule has 31 heavy (non-hydrogen) atoms. The molecular weight excluding hydrogens is 396 g/mol. The maximum atomic E-state index is 13.0. The highest BCUT2D eigenvalue weighted by atomic mass is 16.5. The summed E-state index contributed by atoms with van der Waals surface area (Å²) in [5, 5.41) is 0. The van der Waals surface area contributed by atoms with Crippen molar-refractivity contribution in [3.63, 3.8) is 0 Å². The van der Waals surface area contributed by atoms with Gasteiger partial charge in [0.05, 0.1) is 30.6 Å². The SMILES string of the molecule is COc1ccc(C(=O)N2C[C@@H]3CC2CN3c2nc(-c3ccncn3)cc(=O)n2C)cc1. The number of amides is 1. The van der Waals surface area contributed by atoms with Crippen LogP contribution in [0.1, 0.15) is 16.8 Å². The van der Waals surface area contributed by atoms with Crippen molar-refractivity contribution in [2.45, 2.75) is 18.5 Å². The fraction of sp³-hybridized carbons (Fsp3) is 0.318. The lowest BCUT2D eigenvalue weighted by Crippen LogP contribution is -2.50. The van der Waals surface area contributed by atoms with E-state index < -0.39 is 0 Å². The third-order valence-electron chi connectivity index (χ3n) is 6.05. The Morgan fingerprint density at radius 3 is 2.55 bits per heavy atom. The van der Waals surface area contributed by atoms with E-state index in [1.165, 1.54) is 12.4 Å². The fourth-order valence-corrected chi connectivity index (χ4v) is 4.42. The van der Waals surface area contributed by atoms with E-state index >= 15 is 0 Å². The van der Waals surface area contributed by atoms with Crippen LogP contribution in [0.4, 0.5) is 5.95 Å². The number of fused-ring (bicyclic) bond motifs is 2. The predicted molar refractivity (Wildman–Crippen MR) is 114 cm³/mol. The zero-order valence-corrected chi connectivity index (χ0v) is 17.3. The molecule has 5 rings (SSSR count). The second kappa shape index (κ2) is 7.50. The number of aromatic nitrogens is 4. The Labute approximate surface area is 178 Å². The molecule has 1 aromatic carbocycles. The van der Waals surface area contributed by atoms with Crippen LogP contribution in [0.3, 0.4) is 0 Å². The van der Waals surface area contributed by atoms with Gasteiger partial charge in [0, 0.05) is 38.0 Å². The number of piperazine rings is 1. The van der Waals surface area contributed by atoms with Gasteiger partial charge >= 0.3 is 0 Å². The first-order chi connectivity index (χ1) is 15.0. The number of ether oxygens (including phenoxy) is 1. The molecule has 2 aliphatic heterocycles. The number of benzene rings is 1. The van der Waals surface area contributed by atoms with Crippen molar-refractivity contribution in [2.24, 2.45) is 7.05 Å². The molecule has 1 amide bonds. The van der Waals surface area contributed by atoms with Crippen LogP contribution >= 0.6 is 0 Å². The van der Waals surface area contributed by atoms with Crippen LogP contribution in [-0.2, 0) is 7.05 Å². The lowest BCUT2D eigenvalue weighted by Gasteiger charge is -2.35. The van der Waals surface area contributed by atoms with Crippen molar-refractivity contribution in [3.8, 4) is 17.1 Å². The average Bonchev–Trinajstić information content (AvgIpc) is 3.42. The van der Waals surface area contributed by atoms with Crippen LogP contribution in [0, 0.1) is 0 Å². The molecule has 2 atom stereocenters. The molecular formula is C22H22N6O3. The molecule has 1 unspecified atom stereocenters. The summed E-state index contributed by atoms with van der Waals surface area (Å²) in [6, 6.07) is 10.6. The lowest BCUT2D eigenvalue weighted by molar-refractivity contribution is 0.0725. The zero-order valence-electron chi connectivity index (χ0n) is 17.3. The first-order valence-corrected chi connectivity index (χ1v) is 10.1. The number of carbonyl (C=O) groups excluding carboxylic acids is 1. The second-order valence-electron chi connectivity index (χ2n) is 7.81. The highest BCUT2D eigenvalue weighted by Gasteiger charge is 2.46. The lowest BCUT2D eigenvalue weighted by atomic mass is 10.1. The average molecular weight is 418 g/mol. The van der Waals surface area contributed by atoms with Gasteiger partial charge in [-0.2, -0.15) is 0 Å². The summed E-state index contributed by atoms with van der Waals surface area (Å²) in [4.78, 5) is 42.5. The Morgan fingerprint density at radius 1 is 1.10 bits per heavy atom. The molecule has 3 aromatic rings. The van der Waals surface area contributed by atoms with E-state index in [2.05, 4.69) is 14.9 Å². The summed E-state index contributed by atoms with van der Waals surface area (Å²) in [6.07, 6.45) is 3.92. The molecule has 0 spiro atoms. The third kappa shape index (κ3) is 3.31. The quantitative estimate of drug-likeness (QED) is 0.631. The van der Waals surface area contributed by atoms with Crippen LogP contribution in [-0.4, -0.2) is 62.6 Å². The molecule has 0 aliphatic carbocycles. The molecule has 2 saturated heterocycles. The number of rotatable bonds is 4. The highest BCUT2D eigenvalue weighted by molar-refractivity contribution is 5.95. The first-order valence-electron chi connectivity index (χ1n) is 10.1. The minimum atomic E-state index is -0.146. The van der Waals surface area contributed by atoms with Gasteiger partial charge < -0.3 is 14.5 Å². The van der Waals surface area contributed by atoms with Crippen LogP contribution in [0.15, 0.2) is 53.7 Å². The van der Waals surface area contributed by atoms with Gasteiger partial charge in [0.2, 0.25) is 5.95 Å². The smallest absolute Gasteiger partial charge is 0.255 e. The first kappa shape index (κ1) is 19.2. The predicted octanol–water partition coefficient (Wildman–Crippen LogP) is 1.35. The van der Waals surface area contributed by atoms with E-state index in [1.807, 2.05) is 4.90 Å². The minimum Gasteiger partial charge on any atom is -0.497 e. The minimum absolute atomic E-state index is 0.0198. The molecule has 2 aromatic heterocycles. The third-order valence-corrected chi connectivity index (χ3v) is 6.05. The van der Waals surface area contributed by atoms with Crippen LogP contribution in [0.25, 0.3) is 11.4 Å². The molecule has 2 fully saturated rings.